The number of aryl methyl sites for hydroxylation is 1. The molecule has 8 heteroatoms. The van der Waals surface area contributed by atoms with Crippen molar-refractivity contribution in [2.24, 2.45) is 11.8 Å². The van der Waals surface area contributed by atoms with Gasteiger partial charge < -0.3 is 9.30 Å². The van der Waals surface area contributed by atoms with E-state index in [1.165, 1.54) is 0 Å². The molecule has 0 spiro atoms. The minimum absolute atomic E-state index is 0.00204. The number of carbonyl (C=O) groups is 1. The maximum atomic E-state index is 12.9. The molecule has 0 saturated carbocycles. The van der Waals surface area contributed by atoms with Crippen LogP contribution in [0.25, 0.3) is 5.65 Å². The van der Waals surface area contributed by atoms with Gasteiger partial charge in [0.1, 0.15) is 5.65 Å². The Morgan fingerprint density at radius 1 is 1.35 bits per heavy atom. The van der Waals surface area contributed by atoms with E-state index in [2.05, 4.69) is 23.6 Å². The lowest BCUT2D eigenvalue weighted by Gasteiger charge is -2.21. The summed E-state index contributed by atoms with van der Waals surface area (Å²) in [4.78, 5) is 19.2. The molecule has 0 aliphatic carbocycles. The zero-order valence-electron chi connectivity index (χ0n) is 15.6. The maximum Gasteiger partial charge on any atom is 0.228 e. The first kappa shape index (κ1) is 18.8. The largest absolute Gasteiger partial charge is 0.340 e. The number of amides is 1. The molecule has 3 heterocycles. The molecule has 1 amide bonds. The minimum Gasteiger partial charge on any atom is -0.340 e. The van der Waals surface area contributed by atoms with Crippen LogP contribution in [0.3, 0.4) is 0 Å². The first-order valence-electron chi connectivity index (χ1n) is 8.83. The van der Waals surface area contributed by atoms with Gasteiger partial charge in [-0.25, -0.2) is 18.1 Å². The van der Waals surface area contributed by atoms with Crippen LogP contribution in [0.15, 0.2) is 24.4 Å². The second-order valence-electron chi connectivity index (χ2n) is 7.45. The van der Waals surface area contributed by atoms with Gasteiger partial charge in [-0.3, -0.25) is 4.79 Å². The molecule has 2 atom stereocenters. The Morgan fingerprint density at radius 3 is 2.73 bits per heavy atom. The van der Waals surface area contributed by atoms with Gasteiger partial charge in [-0.1, -0.05) is 19.9 Å². The Hall–Kier alpha value is -1.93. The lowest BCUT2D eigenvalue weighted by Crippen LogP contribution is -2.41. The molecule has 1 N–H and O–H groups in total. The molecular formula is C18H26N4O3S. The van der Waals surface area contributed by atoms with Crippen LogP contribution in [-0.2, 0) is 21.2 Å². The minimum atomic E-state index is -3.31. The number of carbonyl (C=O) groups excluding carboxylic acids is 1. The van der Waals surface area contributed by atoms with Crippen LogP contribution >= 0.6 is 0 Å². The molecule has 26 heavy (non-hydrogen) atoms. The molecule has 1 aliphatic heterocycles. The van der Waals surface area contributed by atoms with E-state index in [-0.39, 0.29) is 30.2 Å². The molecule has 7 nitrogen and oxygen atoms in total. The first-order chi connectivity index (χ1) is 12.2. The highest BCUT2D eigenvalue weighted by atomic mass is 32.2. The Balaban J connectivity index is 1.78. The van der Waals surface area contributed by atoms with Crippen LogP contribution in [0.2, 0.25) is 0 Å². The number of nitrogens with zero attached hydrogens (tertiary/aromatic N) is 3. The molecule has 1 fully saturated rings. The summed E-state index contributed by atoms with van der Waals surface area (Å²) in [5.41, 5.74) is 2.55. The zero-order chi connectivity index (χ0) is 19.1. The Labute approximate surface area is 154 Å². The van der Waals surface area contributed by atoms with Gasteiger partial charge in [0.05, 0.1) is 24.1 Å². The van der Waals surface area contributed by atoms with Gasteiger partial charge in [-0.2, -0.15) is 0 Å². The van der Waals surface area contributed by atoms with E-state index in [1.807, 2.05) is 35.7 Å². The Kier molecular flexibility index (Phi) is 5.07. The first-order valence-corrected chi connectivity index (χ1v) is 10.7. The van der Waals surface area contributed by atoms with Gasteiger partial charge in [0.2, 0.25) is 15.9 Å². The van der Waals surface area contributed by atoms with Crippen molar-refractivity contribution >= 4 is 21.6 Å². The lowest BCUT2D eigenvalue weighted by atomic mass is 9.92. The average molecular weight is 378 g/mol. The normalized spacial score (nSPS) is 21.0. The van der Waals surface area contributed by atoms with Crippen LogP contribution in [-0.4, -0.2) is 54.0 Å². The van der Waals surface area contributed by atoms with Gasteiger partial charge in [0.15, 0.2) is 0 Å². The Bertz CT molecular complexity index is 920. The number of imidazole rings is 1. The number of hydrogen-bond acceptors (Lipinski definition) is 4. The molecule has 0 bridgehead atoms. The number of aromatic nitrogens is 2. The highest BCUT2D eigenvalue weighted by Crippen LogP contribution is 2.26. The van der Waals surface area contributed by atoms with Crippen molar-refractivity contribution in [3.63, 3.8) is 0 Å². The molecule has 0 radical (unpaired) electrons. The predicted molar refractivity (Wildman–Crippen MR) is 100 cm³/mol. The summed E-state index contributed by atoms with van der Waals surface area (Å²) in [6, 6.07) is 5.51. The van der Waals surface area contributed by atoms with E-state index >= 15 is 0 Å². The number of pyridine rings is 1. The molecular weight excluding hydrogens is 352 g/mol. The average Bonchev–Trinajstić information content (AvgIpc) is 3.08. The van der Waals surface area contributed by atoms with E-state index in [0.29, 0.717) is 13.1 Å². The highest BCUT2D eigenvalue weighted by molar-refractivity contribution is 7.88. The number of nitrogens with one attached hydrogen (secondary N) is 1. The van der Waals surface area contributed by atoms with E-state index in [4.69, 9.17) is 0 Å². The third-order valence-electron chi connectivity index (χ3n) is 5.09. The quantitative estimate of drug-likeness (QED) is 0.848. The van der Waals surface area contributed by atoms with Gasteiger partial charge in [-0.15, -0.1) is 0 Å². The van der Waals surface area contributed by atoms with Crippen LogP contribution in [0.4, 0.5) is 0 Å². The number of hydrogen-bond donors (Lipinski definition) is 1. The van der Waals surface area contributed by atoms with E-state index in [9.17, 15) is 13.2 Å². The maximum absolute atomic E-state index is 12.9. The summed E-state index contributed by atoms with van der Waals surface area (Å²) in [5.74, 6) is 0.392. The molecule has 142 valence electrons. The fraction of sp³-hybridized carbons (Fsp3) is 0.556. The summed E-state index contributed by atoms with van der Waals surface area (Å²) in [6.45, 7) is 7.00. The van der Waals surface area contributed by atoms with Crippen molar-refractivity contribution in [1.29, 1.82) is 0 Å². The lowest BCUT2D eigenvalue weighted by molar-refractivity contribution is -0.129. The van der Waals surface area contributed by atoms with Gasteiger partial charge in [-0.05, 0) is 30.9 Å². The van der Waals surface area contributed by atoms with E-state index in [0.717, 1.165) is 23.3 Å². The van der Waals surface area contributed by atoms with E-state index < -0.39 is 10.0 Å². The van der Waals surface area contributed by atoms with Crippen molar-refractivity contribution in [2.75, 3.05) is 19.3 Å². The molecule has 1 aliphatic rings. The fourth-order valence-corrected chi connectivity index (χ4v) is 4.54. The SMILES string of the molecule is Cc1nc2ccccn2c1CC(=O)N1C[C@@H](NS(C)(=O)=O)[C@H](C(C)C)C1. The molecule has 0 unspecified atom stereocenters. The summed E-state index contributed by atoms with van der Waals surface area (Å²) < 4.78 is 27.9. The summed E-state index contributed by atoms with van der Waals surface area (Å²) in [7, 11) is -3.31. The van der Waals surface area contributed by atoms with Crippen molar-refractivity contribution in [3.05, 3.63) is 35.8 Å². The second-order valence-corrected chi connectivity index (χ2v) is 9.23. The third kappa shape index (κ3) is 3.91. The third-order valence-corrected chi connectivity index (χ3v) is 5.82. The second kappa shape index (κ2) is 7.00. The van der Waals surface area contributed by atoms with Gasteiger partial charge in [0, 0.05) is 25.3 Å². The van der Waals surface area contributed by atoms with E-state index in [1.54, 1.807) is 4.90 Å². The number of sulfonamides is 1. The molecule has 0 aromatic carbocycles. The summed E-state index contributed by atoms with van der Waals surface area (Å²) in [5, 5.41) is 0. The van der Waals surface area contributed by atoms with Gasteiger partial charge in [0.25, 0.3) is 0 Å². The van der Waals surface area contributed by atoms with Crippen LogP contribution in [0.5, 0.6) is 0 Å². The molecule has 2 aromatic rings. The number of rotatable bonds is 5. The molecule has 3 rings (SSSR count). The number of likely N-dealkylation sites (tertiary alicyclic amines) is 1. The standard InChI is InChI=1S/C18H26N4O3S/c1-12(2)14-10-21(11-15(14)20-26(4,24)25)18(23)9-16-13(3)19-17-7-5-6-8-22(16)17/h5-8,12,14-15,20H,9-11H2,1-4H3/t14-,15+/m0/s1. The summed E-state index contributed by atoms with van der Waals surface area (Å²) >= 11 is 0. The monoisotopic (exact) mass is 378 g/mol. The van der Waals surface area contributed by atoms with Crippen molar-refractivity contribution < 1.29 is 13.2 Å². The van der Waals surface area contributed by atoms with Crippen molar-refractivity contribution in [2.45, 2.75) is 33.2 Å². The van der Waals surface area contributed by atoms with Crippen LogP contribution in [0.1, 0.15) is 25.2 Å². The van der Waals surface area contributed by atoms with Crippen LogP contribution < -0.4 is 4.72 Å². The number of fused-ring (bicyclic) bond motifs is 1. The molecule has 2 aromatic heterocycles. The zero-order valence-corrected chi connectivity index (χ0v) is 16.5. The van der Waals surface area contributed by atoms with Crippen LogP contribution in [0, 0.1) is 18.8 Å². The predicted octanol–water partition coefficient (Wildman–Crippen LogP) is 1.22. The van der Waals surface area contributed by atoms with Crippen molar-refractivity contribution in [3.8, 4) is 0 Å². The highest BCUT2D eigenvalue weighted by Gasteiger charge is 2.38. The fourth-order valence-electron chi connectivity index (χ4n) is 3.74. The summed E-state index contributed by atoms with van der Waals surface area (Å²) in [6.07, 6.45) is 3.33. The smallest absolute Gasteiger partial charge is 0.228 e. The molecule has 1 saturated heterocycles. The van der Waals surface area contributed by atoms with Gasteiger partial charge >= 0.3 is 0 Å². The Morgan fingerprint density at radius 2 is 2.08 bits per heavy atom. The van der Waals surface area contributed by atoms with Crippen molar-refractivity contribution in [1.82, 2.24) is 19.0 Å². The topological polar surface area (TPSA) is 83.8 Å².